The standard InChI is InChI=1S/C24H31N7O3/c1-25-23(33)16-12-28-19(30-22(32)15-3-4-15)11-17(16)29-21-20(34-2)18(5-8-27-21)31-13-24(14-31)6-9-26-10-7-24/h5,8,11-12,15,26H,3-4,6-7,9-10,13-14H2,1-2H3,(H,25,33)(H2,27,28,29,30,32). The minimum atomic E-state index is -0.291. The number of carbonyl (C=O) groups excluding carboxylic acids is 2. The van der Waals surface area contributed by atoms with E-state index in [1.54, 1.807) is 26.4 Å². The second-order valence-corrected chi connectivity index (χ2v) is 9.40. The molecule has 1 spiro atoms. The topological polar surface area (TPSA) is 121 Å². The average molecular weight is 466 g/mol. The number of hydrogen-bond donors (Lipinski definition) is 4. The molecule has 2 saturated heterocycles. The Labute approximate surface area is 198 Å². The average Bonchev–Trinajstić information content (AvgIpc) is 3.68. The molecule has 2 amide bonds. The minimum Gasteiger partial charge on any atom is -0.491 e. The lowest BCUT2D eigenvalue weighted by atomic mass is 9.72. The van der Waals surface area contributed by atoms with Gasteiger partial charge in [-0.25, -0.2) is 9.97 Å². The first-order valence-corrected chi connectivity index (χ1v) is 11.8. The smallest absolute Gasteiger partial charge is 0.254 e. The second-order valence-electron chi connectivity index (χ2n) is 9.40. The van der Waals surface area contributed by atoms with E-state index in [1.165, 1.54) is 19.0 Å². The third-order valence-corrected chi connectivity index (χ3v) is 6.97. The monoisotopic (exact) mass is 465 g/mol. The van der Waals surface area contributed by atoms with Gasteiger partial charge in [0, 0.05) is 49.9 Å². The Morgan fingerprint density at radius 1 is 1.21 bits per heavy atom. The molecular formula is C24H31N7O3. The van der Waals surface area contributed by atoms with Gasteiger partial charge in [-0.2, -0.15) is 0 Å². The van der Waals surface area contributed by atoms with Gasteiger partial charge in [0.05, 0.1) is 24.0 Å². The third-order valence-electron chi connectivity index (χ3n) is 6.97. The van der Waals surface area contributed by atoms with Crippen LogP contribution in [0, 0.1) is 11.3 Å². The fourth-order valence-corrected chi connectivity index (χ4v) is 4.83. The molecule has 0 aromatic carbocycles. The lowest BCUT2D eigenvalue weighted by Crippen LogP contribution is -2.60. The van der Waals surface area contributed by atoms with E-state index in [1.807, 2.05) is 6.07 Å². The van der Waals surface area contributed by atoms with Crippen LogP contribution >= 0.6 is 0 Å². The van der Waals surface area contributed by atoms with Crippen LogP contribution in [-0.4, -0.2) is 62.1 Å². The molecule has 34 heavy (non-hydrogen) atoms. The molecule has 1 saturated carbocycles. The van der Waals surface area contributed by atoms with Crippen molar-refractivity contribution in [1.82, 2.24) is 20.6 Å². The molecule has 4 N–H and O–H groups in total. The highest BCUT2D eigenvalue weighted by molar-refractivity contribution is 6.01. The van der Waals surface area contributed by atoms with Crippen molar-refractivity contribution in [2.75, 3.05) is 55.9 Å². The third kappa shape index (κ3) is 4.37. The van der Waals surface area contributed by atoms with Crippen LogP contribution in [0.15, 0.2) is 24.5 Å². The van der Waals surface area contributed by atoms with Gasteiger partial charge in [-0.15, -0.1) is 0 Å². The van der Waals surface area contributed by atoms with Gasteiger partial charge in [-0.05, 0) is 44.8 Å². The number of piperidine rings is 1. The minimum absolute atomic E-state index is 0.0477. The van der Waals surface area contributed by atoms with Crippen LogP contribution in [0.1, 0.15) is 36.0 Å². The summed E-state index contributed by atoms with van der Waals surface area (Å²) >= 11 is 0. The highest BCUT2D eigenvalue weighted by Crippen LogP contribution is 2.45. The van der Waals surface area contributed by atoms with Gasteiger partial charge >= 0.3 is 0 Å². The number of nitrogens with one attached hydrogen (secondary N) is 4. The predicted molar refractivity (Wildman–Crippen MR) is 130 cm³/mol. The number of amides is 2. The summed E-state index contributed by atoms with van der Waals surface area (Å²) in [6.07, 6.45) is 7.36. The molecule has 2 aliphatic heterocycles. The molecule has 4 heterocycles. The zero-order valence-corrected chi connectivity index (χ0v) is 19.6. The lowest BCUT2D eigenvalue weighted by molar-refractivity contribution is -0.117. The first kappa shape index (κ1) is 22.4. The van der Waals surface area contributed by atoms with E-state index < -0.39 is 0 Å². The number of ether oxygens (including phenoxy) is 1. The van der Waals surface area contributed by atoms with Crippen LogP contribution in [0.2, 0.25) is 0 Å². The summed E-state index contributed by atoms with van der Waals surface area (Å²) in [6.45, 7) is 4.12. The zero-order valence-electron chi connectivity index (χ0n) is 19.6. The fourth-order valence-electron chi connectivity index (χ4n) is 4.83. The van der Waals surface area contributed by atoms with Gasteiger partial charge in [-0.3, -0.25) is 9.59 Å². The van der Waals surface area contributed by atoms with Gasteiger partial charge in [0.1, 0.15) is 5.82 Å². The van der Waals surface area contributed by atoms with E-state index >= 15 is 0 Å². The zero-order chi connectivity index (χ0) is 23.7. The number of nitrogens with zero attached hydrogens (tertiary/aromatic N) is 3. The summed E-state index contributed by atoms with van der Waals surface area (Å²) in [5, 5.41) is 12.2. The van der Waals surface area contributed by atoms with Crippen LogP contribution in [0.3, 0.4) is 0 Å². The molecule has 1 aliphatic carbocycles. The van der Waals surface area contributed by atoms with E-state index in [-0.39, 0.29) is 17.7 Å². The van der Waals surface area contributed by atoms with Crippen molar-refractivity contribution in [3.05, 3.63) is 30.1 Å². The van der Waals surface area contributed by atoms with Gasteiger partial charge in [0.25, 0.3) is 5.91 Å². The number of hydrogen-bond acceptors (Lipinski definition) is 8. The Morgan fingerprint density at radius 2 is 1.97 bits per heavy atom. The van der Waals surface area contributed by atoms with Crippen LogP contribution < -0.4 is 30.9 Å². The normalized spacial score (nSPS) is 18.7. The summed E-state index contributed by atoms with van der Waals surface area (Å²) < 4.78 is 5.78. The van der Waals surface area contributed by atoms with Crippen molar-refractivity contribution in [2.45, 2.75) is 25.7 Å². The Kier molecular flexibility index (Phi) is 5.99. The summed E-state index contributed by atoms with van der Waals surface area (Å²) in [7, 11) is 3.19. The number of methoxy groups -OCH3 is 1. The van der Waals surface area contributed by atoms with Crippen molar-refractivity contribution < 1.29 is 14.3 Å². The molecule has 0 unspecified atom stereocenters. The van der Waals surface area contributed by atoms with Crippen LogP contribution in [0.5, 0.6) is 5.75 Å². The van der Waals surface area contributed by atoms with Crippen LogP contribution in [-0.2, 0) is 4.79 Å². The van der Waals surface area contributed by atoms with Gasteiger partial charge < -0.3 is 30.9 Å². The predicted octanol–water partition coefficient (Wildman–Crippen LogP) is 2.13. The van der Waals surface area contributed by atoms with Crippen molar-refractivity contribution in [3.8, 4) is 5.75 Å². The van der Waals surface area contributed by atoms with E-state index in [2.05, 4.69) is 36.1 Å². The fraction of sp³-hybridized carbons (Fsp3) is 0.500. The highest BCUT2D eigenvalue weighted by Gasteiger charge is 2.44. The van der Waals surface area contributed by atoms with Crippen molar-refractivity contribution in [2.24, 2.45) is 11.3 Å². The quantitative estimate of drug-likeness (QED) is 0.491. The van der Waals surface area contributed by atoms with Crippen molar-refractivity contribution in [3.63, 3.8) is 0 Å². The SMILES string of the molecule is CNC(=O)c1cnc(NC(=O)C2CC2)cc1Nc1nccc(N2CC3(CCNCC3)C2)c1OC. The Morgan fingerprint density at radius 3 is 2.65 bits per heavy atom. The molecule has 180 valence electrons. The highest BCUT2D eigenvalue weighted by atomic mass is 16.5. The molecule has 3 fully saturated rings. The maximum Gasteiger partial charge on any atom is 0.254 e. The molecule has 2 aromatic rings. The number of pyridine rings is 2. The van der Waals surface area contributed by atoms with E-state index in [4.69, 9.17) is 4.74 Å². The number of anilines is 4. The maximum atomic E-state index is 12.5. The first-order chi connectivity index (χ1) is 16.5. The summed E-state index contributed by atoms with van der Waals surface area (Å²) in [4.78, 5) is 35.8. The molecule has 2 aromatic heterocycles. The molecule has 5 rings (SSSR count). The molecule has 0 atom stereocenters. The molecule has 3 aliphatic rings. The van der Waals surface area contributed by atoms with E-state index in [0.29, 0.717) is 34.1 Å². The van der Waals surface area contributed by atoms with Crippen LogP contribution in [0.4, 0.5) is 23.0 Å². The lowest BCUT2D eigenvalue weighted by Gasteiger charge is -2.53. The second kappa shape index (κ2) is 9.09. The van der Waals surface area contributed by atoms with E-state index in [9.17, 15) is 9.59 Å². The Balaban J connectivity index is 1.41. The Hall–Kier alpha value is -3.40. The first-order valence-electron chi connectivity index (χ1n) is 11.8. The molecule has 0 radical (unpaired) electrons. The van der Waals surface area contributed by atoms with Gasteiger partial charge in [0.15, 0.2) is 11.6 Å². The molecule has 10 heteroatoms. The van der Waals surface area contributed by atoms with Crippen LogP contribution in [0.25, 0.3) is 0 Å². The van der Waals surface area contributed by atoms with Gasteiger partial charge in [-0.1, -0.05) is 0 Å². The number of rotatable bonds is 7. The van der Waals surface area contributed by atoms with E-state index in [0.717, 1.165) is 44.7 Å². The van der Waals surface area contributed by atoms with Gasteiger partial charge in [0.2, 0.25) is 5.91 Å². The summed E-state index contributed by atoms with van der Waals surface area (Å²) in [5.74, 6) is 1.22. The Bertz CT molecular complexity index is 1090. The largest absolute Gasteiger partial charge is 0.491 e. The molecule has 0 bridgehead atoms. The number of aromatic nitrogens is 2. The summed E-state index contributed by atoms with van der Waals surface area (Å²) in [6, 6.07) is 3.62. The maximum absolute atomic E-state index is 12.5. The molecular weight excluding hydrogens is 434 g/mol. The van der Waals surface area contributed by atoms with Crippen molar-refractivity contribution >= 4 is 34.8 Å². The number of carbonyl (C=O) groups is 2. The summed E-state index contributed by atoms with van der Waals surface area (Å²) in [5.41, 5.74) is 2.18. The van der Waals surface area contributed by atoms with Crippen molar-refractivity contribution in [1.29, 1.82) is 0 Å². The molecule has 10 nitrogen and oxygen atoms in total.